The van der Waals surface area contributed by atoms with E-state index in [0.29, 0.717) is 0 Å². The van der Waals surface area contributed by atoms with E-state index in [4.69, 9.17) is 9.84 Å². The lowest BCUT2D eigenvalue weighted by molar-refractivity contribution is 0.287. The predicted molar refractivity (Wildman–Crippen MR) is 60.2 cm³/mol. The fraction of sp³-hybridized carbons (Fsp3) is 0.455. The van der Waals surface area contributed by atoms with E-state index in [9.17, 15) is 0 Å². The summed E-state index contributed by atoms with van der Waals surface area (Å²) in [5.74, 6) is 0.952. The largest absolute Gasteiger partial charge is 0.495 e. The summed E-state index contributed by atoms with van der Waals surface area (Å²) in [7, 11) is 1.69. The van der Waals surface area contributed by atoms with Crippen molar-refractivity contribution in [3.63, 3.8) is 0 Å². The Balaban J connectivity index is 2.90. The van der Waals surface area contributed by atoms with Crippen LogP contribution in [0.4, 0.5) is 0 Å². The number of rotatable bonds is 5. The molecule has 1 rings (SSSR count). The molecular weight excluding hydrogens is 196 g/mol. The number of aryl methyl sites for hydroxylation is 1. The summed E-state index contributed by atoms with van der Waals surface area (Å²) in [5.41, 5.74) is 1.17. The number of hydrogen-bond acceptors (Lipinski definition) is 3. The van der Waals surface area contributed by atoms with Crippen molar-refractivity contribution >= 4 is 11.8 Å². The molecule has 0 radical (unpaired) electrons. The third kappa shape index (κ3) is 2.66. The number of para-hydroxylation sites is 1. The molecule has 0 bridgehead atoms. The number of methoxy groups -OCH3 is 1. The molecule has 0 fully saturated rings. The van der Waals surface area contributed by atoms with Crippen LogP contribution < -0.4 is 4.74 Å². The molecule has 0 atom stereocenters. The van der Waals surface area contributed by atoms with Gasteiger partial charge in [0.25, 0.3) is 0 Å². The van der Waals surface area contributed by atoms with Gasteiger partial charge >= 0.3 is 0 Å². The Morgan fingerprint density at radius 3 is 2.79 bits per heavy atom. The van der Waals surface area contributed by atoms with Crippen molar-refractivity contribution in [2.24, 2.45) is 0 Å². The second kappa shape index (κ2) is 5.94. The summed E-state index contributed by atoms with van der Waals surface area (Å²) in [4.78, 5) is 1.16. The molecule has 14 heavy (non-hydrogen) atoms. The van der Waals surface area contributed by atoms with Gasteiger partial charge < -0.3 is 9.84 Å². The molecule has 3 heteroatoms. The van der Waals surface area contributed by atoms with E-state index < -0.39 is 0 Å². The lowest BCUT2D eigenvalue weighted by Crippen LogP contribution is -1.95. The van der Waals surface area contributed by atoms with Crippen molar-refractivity contribution in [3.8, 4) is 5.75 Å². The van der Waals surface area contributed by atoms with Gasteiger partial charge in [0, 0.05) is 11.5 Å². The van der Waals surface area contributed by atoms with Crippen molar-refractivity contribution in [2.45, 2.75) is 17.7 Å². The van der Waals surface area contributed by atoms with Gasteiger partial charge in [0.2, 0.25) is 0 Å². The Morgan fingerprint density at radius 1 is 1.43 bits per heavy atom. The molecule has 0 saturated heterocycles. The highest BCUT2D eigenvalue weighted by Gasteiger charge is 2.07. The minimum absolute atomic E-state index is 0.229. The molecule has 0 saturated carbocycles. The molecule has 2 nitrogen and oxygen atoms in total. The molecule has 0 amide bonds. The second-order valence-electron chi connectivity index (χ2n) is 2.98. The lowest BCUT2D eigenvalue weighted by atomic mass is 10.1. The highest BCUT2D eigenvalue weighted by molar-refractivity contribution is 7.98. The fourth-order valence-electron chi connectivity index (χ4n) is 1.42. The summed E-state index contributed by atoms with van der Waals surface area (Å²) in [6, 6.07) is 6.13. The maximum Gasteiger partial charge on any atom is 0.135 e. The van der Waals surface area contributed by atoms with Crippen LogP contribution in [0.5, 0.6) is 5.75 Å². The van der Waals surface area contributed by atoms with Crippen LogP contribution >= 0.6 is 11.8 Å². The van der Waals surface area contributed by atoms with Crippen LogP contribution in [-0.2, 0) is 6.42 Å². The molecule has 0 aliphatic rings. The maximum atomic E-state index is 8.77. The predicted octanol–water partition coefficient (Wildman–Crippen LogP) is 2.34. The Kier molecular flexibility index (Phi) is 4.84. The fourth-order valence-corrected chi connectivity index (χ4v) is 2.03. The smallest absolute Gasteiger partial charge is 0.135 e. The van der Waals surface area contributed by atoms with E-state index in [1.54, 1.807) is 18.9 Å². The van der Waals surface area contributed by atoms with Gasteiger partial charge in [-0.3, -0.25) is 0 Å². The SMILES string of the molecule is COc1c(CCCO)cccc1SC. The summed E-state index contributed by atoms with van der Waals surface area (Å²) in [6.45, 7) is 0.229. The monoisotopic (exact) mass is 212 g/mol. The van der Waals surface area contributed by atoms with Crippen molar-refractivity contribution in [3.05, 3.63) is 23.8 Å². The zero-order valence-electron chi connectivity index (χ0n) is 8.62. The van der Waals surface area contributed by atoms with Gasteiger partial charge in [0.15, 0.2) is 0 Å². The first-order valence-electron chi connectivity index (χ1n) is 4.64. The molecule has 0 spiro atoms. The van der Waals surface area contributed by atoms with Gasteiger partial charge in [-0.25, -0.2) is 0 Å². The van der Waals surface area contributed by atoms with Crippen LogP contribution in [0, 0.1) is 0 Å². The Hall–Kier alpha value is -0.670. The first kappa shape index (κ1) is 11.4. The summed E-state index contributed by atoms with van der Waals surface area (Å²) >= 11 is 1.68. The lowest BCUT2D eigenvalue weighted by Gasteiger charge is -2.11. The number of thioether (sulfide) groups is 1. The molecule has 0 unspecified atom stereocenters. The average Bonchev–Trinajstić information content (AvgIpc) is 2.25. The van der Waals surface area contributed by atoms with Crippen LogP contribution in [0.2, 0.25) is 0 Å². The van der Waals surface area contributed by atoms with Gasteiger partial charge in [-0.2, -0.15) is 0 Å². The van der Waals surface area contributed by atoms with Crippen molar-refractivity contribution < 1.29 is 9.84 Å². The number of benzene rings is 1. The minimum atomic E-state index is 0.229. The Morgan fingerprint density at radius 2 is 2.21 bits per heavy atom. The normalized spacial score (nSPS) is 10.2. The molecule has 0 aromatic heterocycles. The molecule has 0 heterocycles. The van der Waals surface area contributed by atoms with Crippen molar-refractivity contribution in [2.75, 3.05) is 20.0 Å². The topological polar surface area (TPSA) is 29.5 Å². The number of ether oxygens (including phenoxy) is 1. The van der Waals surface area contributed by atoms with Gasteiger partial charge in [0.1, 0.15) is 5.75 Å². The standard InChI is InChI=1S/C11H16O2S/c1-13-11-9(6-4-8-12)5-3-7-10(11)14-2/h3,5,7,12H,4,6,8H2,1-2H3. The van der Waals surface area contributed by atoms with Crippen molar-refractivity contribution in [1.29, 1.82) is 0 Å². The zero-order valence-corrected chi connectivity index (χ0v) is 9.43. The molecule has 1 aromatic rings. The van der Waals surface area contributed by atoms with Gasteiger partial charge in [-0.15, -0.1) is 11.8 Å². The first-order valence-corrected chi connectivity index (χ1v) is 5.86. The van der Waals surface area contributed by atoms with E-state index in [-0.39, 0.29) is 6.61 Å². The molecule has 1 N–H and O–H groups in total. The van der Waals surface area contributed by atoms with Crippen LogP contribution in [0.3, 0.4) is 0 Å². The highest BCUT2D eigenvalue weighted by atomic mass is 32.2. The Labute approximate surface area is 89.3 Å². The van der Waals surface area contributed by atoms with Crippen LogP contribution in [0.15, 0.2) is 23.1 Å². The average molecular weight is 212 g/mol. The summed E-state index contributed by atoms with van der Waals surface area (Å²) in [5, 5.41) is 8.77. The first-order chi connectivity index (χ1) is 6.83. The van der Waals surface area contributed by atoms with Crippen LogP contribution in [0.25, 0.3) is 0 Å². The van der Waals surface area contributed by atoms with E-state index in [1.807, 2.05) is 24.5 Å². The van der Waals surface area contributed by atoms with Gasteiger partial charge in [-0.05, 0) is 30.7 Å². The number of hydrogen-bond donors (Lipinski definition) is 1. The maximum absolute atomic E-state index is 8.77. The third-order valence-electron chi connectivity index (χ3n) is 2.09. The minimum Gasteiger partial charge on any atom is -0.495 e. The van der Waals surface area contributed by atoms with Crippen LogP contribution in [0.1, 0.15) is 12.0 Å². The molecule has 78 valence electrons. The number of aliphatic hydroxyl groups is 1. The summed E-state index contributed by atoms with van der Waals surface area (Å²) < 4.78 is 5.36. The van der Waals surface area contributed by atoms with Crippen molar-refractivity contribution in [1.82, 2.24) is 0 Å². The molecular formula is C11H16O2S. The van der Waals surface area contributed by atoms with E-state index in [2.05, 4.69) is 0 Å². The van der Waals surface area contributed by atoms with Gasteiger partial charge in [0.05, 0.1) is 7.11 Å². The second-order valence-corrected chi connectivity index (χ2v) is 3.83. The highest BCUT2D eigenvalue weighted by Crippen LogP contribution is 2.31. The zero-order chi connectivity index (χ0) is 10.4. The van der Waals surface area contributed by atoms with E-state index >= 15 is 0 Å². The quantitative estimate of drug-likeness (QED) is 0.760. The molecule has 0 aliphatic carbocycles. The molecule has 0 aliphatic heterocycles. The third-order valence-corrected chi connectivity index (χ3v) is 2.85. The summed E-state index contributed by atoms with van der Waals surface area (Å²) in [6.07, 6.45) is 3.69. The van der Waals surface area contributed by atoms with E-state index in [1.165, 1.54) is 5.56 Å². The molecule has 1 aromatic carbocycles. The van der Waals surface area contributed by atoms with Crippen LogP contribution in [-0.4, -0.2) is 25.1 Å². The Bertz CT molecular complexity index is 287. The van der Waals surface area contributed by atoms with Gasteiger partial charge in [-0.1, -0.05) is 12.1 Å². The number of aliphatic hydroxyl groups excluding tert-OH is 1. The van der Waals surface area contributed by atoms with E-state index in [0.717, 1.165) is 23.5 Å².